The summed E-state index contributed by atoms with van der Waals surface area (Å²) in [4.78, 5) is 21.9. The van der Waals surface area contributed by atoms with E-state index in [1.54, 1.807) is 0 Å². The molecule has 8 nitrogen and oxygen atoms in total. The van der Waals surface area contributed by atoms with Gasteiger partial charge in [0.15, 0.2) is 17.3 Å². The molecule has 1 aliphatic heterocycles. The van der Waals surface area contributed by atoms with Crippen molar-refractivity contribution in [3.8, 4) is 22.8 Å². The van der Waals surface area contributed by atoms with Crippen LogP contribution in [0.2, 0.25) is 0 Å². The van der Waals surface area contributed by atoms with E-state index in [0.29, 0.717) is 18.6 Å². The van der Waals surface area contributed by atoms with Crippen LogP contribution in [-0.4, -0.2) is 43.6 Å². The zero-order valence-corrected chi connectivity index (χ0v) is 18.8. The minimum Gasteiger partial charge on any atom is -0.451 e. The number of fused-ring (bicyclic) bond motifs is 1. The Balaban J connectivity index is 1.52. The number of nitrogens with zero attached hydrogens (tertiary/aromatic N) is 5. The van der Waals surface area contributed by atoms with Crippen molar-refractivity contribution in [2.24, 2.45) is 0 Å². The van der Waals surface area contributed by atoms with Gasteiger partial charge in [-0.3, -0.25) is 4.79 Å². The van der Waals surface area contributed by atoms with Gasteiger partial charge in [0.1, 0.15) is 29.4 Å². The minimum atomic E-state index is -1.77. The Bertz CT molecular complexity index is 1590. The first-order valence-corrected chi connectivity index (χ1v) is 10.8. The lowest BCUT2D eigenvalue weighted by atomic mass is 10.1. The molecule has 1 aliphatic rings. The first kappa shape index (κ1) is 22.9. The minimum absolute atomic E-state index is 0.0124. The lowest BCUT2D eigenvalue weighted by molar-refractivity contribution is -0.125. The maximum absolute atomic E-state index is 15.3. The Hall–Kier alpha value is -4.55. The molecule has 37 heavy (non-hydrogen) atoms. The quantitative estimate of drug-likeness (QED) is 0.237. The van der Waals surface area contributed by atoms with Crippen molar-refractivity contribution in [2.75, 3.05) is 18.8 Å². The lowest BCUT2D eigenvalue weighted by Gasteiger charge is -2.14. The molecule has 1 atom stereocenters. The van der Waals surface area contributed by atoms with Gasteiger partial charge >= 0.3 is 0 Å². The highest BCUT2D eigenvalue weighted by atomic mass is 19.2. The average Bonchev–Trinajstić information content (AvgIpc) is 3.52. The SMILES string of the molecule is [2H]C=CC(=O)N1CC[C@@H](n2nc(-c3ccc(Oc4c(F)c(F)cc(F)c4F)cc3F)c3c(N)ncnc32)C1. The van der Waals surface area contributed by atoms with Crippen LogP contribution in [0.4, 0.5) is 27.8 Å². The van der Waals surface area contributed by atoms with Crippen LogP contribution in [0, 0.1) is 29.1 Å². The molecule has 0 spiro atoms. The van der Waals surface area contributed by atoms with Crippen molar-refractivity contribution >= 4 is 22.8 Å². The van der Waals surface area contributed by atoms with E-state index in [-0.39, 0.29) is 47.0 Å². The van der Waals surface area contributed by atoms with Crippen molar-refractivity contribution < 1.29 is 32.9 Å². The van der Waals surface area contributed by atoms with Crippen LogP contribution in [0.3, 0.4) is 0 Å². The van der Waals surface area contributed by atoms with Crippen LogP contribution in [-0.2, 0) is 4.79 Å². The second-order valence-electron chi connectivity index (χ2n) is 8.19. The van der Waals surface area contributed by atoms with Gasteiger partial charge < -0.3 is 15.4 Å². The second kappa shape index (κ2) is 9.15. The molecular formula is C24H17F5N6O2. The molecule has 190 valence electrons. The van der Waals surface area contributed by atoms with E-state index in [9.17, 15) is 22.4 Å². The fraction of sp³-hybridized carbons (Fsp3) is 0.167. The zero-order valence-electron chi connectivity index (χ0n) is 19.8. The Morgan fingerprint density at radius 2 is 1.89 bits per heavy atom. The van der Waals surface area contributed by atoms with Crippen LogP contribution in [0.1, 0.15) is 13.8 Å². The third-order valence-corrected chi connectivity index (χ3v) is 5.97. The van der Waals surface area contributed by atoms with Crippen molar-refractivity contribution in [3.63, 3.8) is 0 Å². The number of hydrogen-bond donors (Lipinski definition) is 1. The summed E-state index contributed by atoms with van der Waals surface area (Å²) < 4.78 is 83.8. The number of aromatic nitrogens is 4. The topological polar surface area (TPSA) is 99.2 Å². The molecule has 0 bridgehead atoms. The van der Waals surface area contributed by atoms with E-state index in [0.717, 1.165) is 24.8 Å². The number of nitrogens with two attached hydrogens (primary N) is 1. The molecule has 1 fully saturated rings. The number of nitrogen functional groups attached to an aromatic ring is 1. The predicted molar refractivity (Wildman–Crippen MR) is 122 cm³/mol. The number of carbonyl (C=O) groups is 1. The maximum Gasteiger partial charge on any atom is 0.246 e. The second-order valence-corrected chi connectivity index (χ2v) is 8.19. The fourth-order valence-electron chi connectivity index (χ4n) is 4.20. The molecule has 0 aliphatic carbocycles. The molecular weight excluding hydrogens is 499 g/mol. The van der Waals surface area contributed by atoms with E-state index in [1.807, 2.05) is 0 Å². The van der Waals surface area contributed by atoms with E-state index in [1.165, 1.54) is 22.0 Å². The normalized spacial score (nSPS) is 16.1. The van der Waals surface area contributed by atoms with E-state index >= 15 is 4.39 Å². The van der Waals surface area contributed by atoms with E-state index in [2.05, 4.69) is 15.1 Å². The first-order chi connectivity index (χ1) is 18.2. The number of amides is 1. The molecule has 4 aromatic rings. The van der Waals surface area contributed by atoms with Crippen LogP contribution in [0.15, 0.2) is 43.2 Å². The highest BCUT2D eigenvalue weighted by Gasteiger charge is 2.30. The maximum atomic E-state index is 15.3. The Labute approximate surface area is 207 Å². The zero-order chi connectivity index (χ0) is 27.1. The van der Waals surface area contributed by atoms with Gasteiger partial charge in [0.25, 0.3) is 0 Å². The third-order valence-electron chi connectivity index (χ3n) is 5.97. The summed E-state index contributed by atoms with van der Waals surface area (Å²) in [5.41, 5.74) is 6.33. The number of carbonyl (C=O) groups excluding carboxylic acids is 1. The van der Waals surface area contributed by atoms with Crippen molar-refractivity contribution in [1.82, 2.24) is 24.6 Å². The van der Waals surface area contributed by atoms with Gasteiger partial charge in [-0.2, -0.15) is 13.9 Å². The van der Waals surface area contributed by atoms with Crippen LogP contribution < -0.4 is 10.5 Å². The summed E-state index contributed by atoms with van der Waals surface area (Å²) in [6, 6.07) is 2.79. The van der Waals surface area contributed by atoms with Crippen LogP contribution in [0.25, 0.3) is 22.3 Å². The fourth-order valence-corrected chi connectivity index (χ4v) is 4.20. The van der Waals surface area contributed by atoms with Gasteiger partial charge in [-0.05, 0) is 24.6 Å². The van der Waals surface area contributed by atoms with Crippen molar-refractivity contribution in [1.29, 1.82) is 0 Å². The molecule has 13 heteroatoms. The summed E-state index contributed by atoms with van der Waals surface area (Å²) >= 11 is 0. The molecule has 1 saturated heterocycles. The Kier molecular flexibility index (Phi) is 5.66. The summed E-state index contributed by atoms with van der Waals surface area (Å²) in [6.45, 7) is 1.56. The molecule has 5 rings (SSSR count). The number of likely N-dealkylation sites (tertiary alicyclic amines) is 1. The predicted octanol–water partition coefficient (Wildman–Crippen LogP) is 4.52. The molecule has 1 amide bonds. The van der Waals surface area contributed by atoms with E-state index < -0.39 is 40.6 Å². The number of hydrogen-bond acceptors (Lipinski definition) is 6. The largest absolute Gasteiger partial charge is 0.451 e. The van der Waals surface area contributed by atoms with Gasteiger partial charge in [0.2, 0.25) is 23.3 Å². The first-order valence-electron chi connectivity index (χ1n) is 11.4. The number of halogens is 5. The summed E-state index contributed by atoms with van der Waals surface area (Å²) in [5.74, 6) is -9.95. The van der Waals surface area contributed by atoms with Gasteiger partial charge in [-0.15, -0.1) is 0 Å². The highest BCUT2D eigenvalue weighted by Crippen LogP contribution is 2.37. The molecule has 0 saturated carbocycles. The Morgan fingerprint density at radius 1 is 1.14 bits per heavy atom. The van der Waals surface area contributed by atoms with Gasteiger partial charge in [0, 0.05) is 30.8 Å². The van der Waals surface area contributed by atoms with Gasteiger partial charge in [-0.25, -0.2) is 27.8 Å². The molecule has 0 unspecified atom stereocenters. The summed E-state index contributed by atoms with van der Waals surface area (Å²) in [6.07, 6.45) is 2.85. The van der Waals surface area contributed by atoms with Crippen molar-refractivity contribution in [3.05, 3.63) is 72.3 Å². The number of rotatable bonds is 5. The summed E-state index contributed by atoms with van der Waals surface area (Å²) in [7, 11) is 0. The van der Waals surface area contributed by atoms with Crippen LogP contribution in [0.5, 0.6) is 11.5 Å². The third kappa shape index (κ3) is 4.11. The number of benzene rings is 2. The van der Waals surface area contributed by atoms with Crippen LogP contribution >= 0.6 is 0 Å². The average molecular weight is 517 g/mol. The monoisotopic (exact) mass is 517 g/mol. The van der Waals surface area contributed by atoms with E-state index in [4.69, 9.17) is 11.8 Å². The number of anilines is 1. The molecule has 0 radical (unpaired) electrons. The molecule has 3 heterocycles. The van der Waals surface area contributed by atoms with Gasteiger partial charge in [0.05, 0.1) is 12.8 Å². The van der Waals surface area contributed by atoms with Gasteiger partial charge in [-0.1, -0.05) is 6.55 Å². The highest BCUT2D eigenvalue weighted by molar-refractivity contribution is 5.98. The summed E-state index contributed by atoms with van der Waals surface area (Å²) in [5, 5.41) is 4.75. The number of ether oxygens (including phenoxy) is 1. The molecule has 2 aromatic carbocycles. The molecule has 2 N–H and O–H groups in total. The van der Waals surface area contributed by atoms with Crippen molar-refractivity contribution in [2.45, 2.75) is 12.5 Å². The standard InChI is InChI=1S/C24H17F5N6O2/c1-2-17(36)34-6-5-11(9-34)35-24-18(23(30)31-10-32-24)21(33-35)13-4-3-12(7-14(13)25)37-22-19(28)15(26)8-16(27)20(22)29/h2-4,7-8,10-11H,1,5-6,9H2,(H2,30,31,32)/t11-/m1/s1/i1D. The Morgan fingerprint density at radius 3 is 2.59 bits per heavy atom. The lowest BCUT2D eigenvalue weighted by Crippen LogP contribution is -2.27. The smallest absolute Gasteiger partial charge is 0.246 e. The molecule has 2 aromatic heterocycles.